The Kier molecular flexibility index (Phi) is 5.04. The average Bonchev–Trinajstić information content (AvgIpc) is 2.43. The highest BCUT2D eigenvalue weighted by molar-refractivity contribution is 7.99. The maximum atomic E-state index is 12.3. The van der Waals surface area contributed by atoms with Crippen LogP contribution in [0.5, 0.6) is 0 Å². The highest BCUT2D eigenvalue weighted by Gasteiger charge is 2.13. The van der Waals surface area contributed by atoms with Gasteiger partial charge in [0.25, 0.3) is 5.91 Å². The summed E-state index contributed by atoms with van der Waals surface area (Å²) in [5.74, 6) is 1.23. The molecule has 0 saturated carbocycles. The molecule has 1 amide bonds. The van der Waals surface area contributed by atoms with E-state index >= 15 is 0 Å². The lowest BCUT2D eigenvalue weighted by Crippen LogP contribution is -2.14. The number of aromatic nitrogens is 1. The van der Waals surface area contributed by atoms with Gasteiger partial charge in [0, 0.05) is 16.1 Å². The van der Waals surface area contributed by atoms with Gasteiger partial charge in [-0.15, -0.1) is 11.8 Å². The number of nitrogens with zero attached hydrogens (tertiary/aromatic N) is 1. The number of halogens is 1. The van der Waals surface area contributed by atoms with Gasteiger partial charge >= 0.3 is 0 Å². The first-order chi connectivity index (χ1) is 9.60. The fourth-order valence-corrected chi connectivity index (χ4v) is 2.64. The van der Waals surface area contributed by atoms with Crippen molar-refractivity contribution in [2.75, 3.05) is 11.1 Å². The highest BCUT2D eigenvalue weighted by atomic mass is 35.5. The summed E-state index contributed by atoms with van der Waals surface area (Å²) in [4.78, 5) is 17.4. The number of pyridine rings is 1. The van der Waals surface area contributed by atoms with E-state index in [-0.39, 0.29) is 5.91 Å². The average molecular weight is 307 g/mol. The van der Waals surface area contributed by atoms with Crippen molar-refractivity contribution in [3.05, 3.63) is 52.7 Å². The van der Waals surface area contributed by atoms with Gasteiger partial charge in [-0.05, 0) is 42.5 Å². The third kappa shape index (κ3) is 3.74. The van der Waals surface area contributed by atoms with Gasteiger partial charge in [-0.1, -0.05) is 24.6 Å². The summed E-state index contributed by atoms with van der Waals surface area (Å²) in [6.45, 7) is 3.99. The fraction of sp³-hybridized carbons (Fsp3) is 0.200. The minimum Gasteiger partial charge on any atom is -0.307 e. The summed E-state index contributed by atoms with van der Waals surface area (Å²) in [7, 11) is 0. The van der Waals surface area contributed by atoms with E-state index in [1.54, 1.807) is 36.2 Å². The molecule has 0 radical (unpaired) electrons. The molecule has 1 heterocycles. The maximum absolute atomic E-state index is 12.3. The van der Waals surface area contributed by atoms with E-state index in [0.29, 0.717) is 16.4 Å². The molecule has 0 unspecified atom stereocenters. The molecule has 1 aromatic carbocycles. The Hall–Kier alpha value is -1.52. The molecule has 1 N–H and O–H groups in total. The summed E-state index contributed by atoms with van der Waals surface area (Å²) >= 11 is 7.59. The van der Waals surface area contributed by atoms with Gasteiger partial charge in [0.2, 0.25) is 0 Å². The van der Waals surface area contributed by atoms with Gasteiger partial charge in [0.1, 0.15) is 5.82 Å². The number of carbonyl (C=O) groups is 1. The molecule has 0 aliphatic rings. The lowest BCUT2D eigenvalue weighted by Gasteiger charge is -2.09. The Morgan fingerprint density at radius 1 is 1.35 bits per heavy atom. The zero-order valence-corrected chi connectivity index (χ0v) is 12.9. The molecule has 3 nitrogen and oxygen atoms in total. The summed E-state index contributed by atoms with van der Waals surface area (Å²) in [5.41, 5.74) is 1.62. The largest absolute Gasteiger partial charge is 0.307 e. The smallest absolute Gasteiger partial charge is 0.258 e. The summed E-state index contributed by atoms with van der Waals surface area (Å²) in [6, 6.07) is 9.03. The zero-order valence-electron chi connectivity index (χ0n) is 11.3. The molecular formula is C15H15ClN2OS. The third-order valence-electron chi connectivity index (χ3n) is 2.64. The molecule has 0 atom stereocenters. The predicted octanol–water partition coefficient (Wildman–Crippen LogP) is 4.41. The number of nitrogens with one attached hydrogen (secondary N) is 1. The quantitative estimate of drug-likeness (QED) is 0.851. The van der Waals surface area contributed by atoms with Gasteiger partial charge in [0.15, 0.2) is 0 Å². The van der Waals surface area contributed by atoms with E-state index in [2.05, 4.69) is 10.3 Å². The number of thioether (sulfide) groups is 1. The van der Waals surface area contributed by atoms with Crippen LogP contribution >= 0.6 is 23.4 Å². The Bertz CT molecular complexity index is 614. The molecule has 0 bridgehead atoms. The van der Waals surface area contributed by atoms with Crippen molar-refractivity contribution in [1.29, 1.82) is 0 Å². The second-order valence-electron chi connectivity index (χ2n) is 4.25. The standard InChI is InChI=1S/C15H15ClN2OS/c1-3-20-13-6-5-11(16)8-12(13)15(19)18-14-7-4-10(2)9-17-14/h4-9H,3H2,1-2H3,(H,17,18,19). The fourth-order valence-electron chi connectivity index (χ4n) is 1.69. The number of carbonyl (C=O) groups excluding carboxylic acids is 1. The summed E-state index contributed by atoms with van der Waals surface area (Å²) in [6.07, 6.45) is 1.72. The minimum absolute atomic E-state index is 0.195. The second kappa shape index (κ2) is 6.77. The number of anilines is 1. The van der Waals surface area contributed by atoms with E-state index < -0.39 is 0 Å². The van der Waals surface area contributed by atoms with Crippen molar-refractivity contribution in [2.24, 2.45) is 0 Å². The SMILES string of the molecule is CCSc1ccc(Cl)cc1C(=O)Nc1ccc(C)cn1. The van der Waals surface area contributed by atoms with Crippen LogP contribution in [0.4, 0.5) is 5.82 Å². The molecule has 0 spiro atoms. The molecular weight excluding hydrogens is 292 g/mol. The van der Waals surface area contributed by atoms with Crippen LogP contribution in [0.3, 0.4) is 0 Å². The third-order valence-corrected chi connectivity index (χ3v) is 3.83. The van der Waals surface area contributed by atoms with Crippen LogP contribution in [0.25, 0.3) is 0 Å². The zero-order chi connectivity index (χ0) is 14.5. The van der Waals surface area contributed by atoms with Crippen molar-refractivity contribution in [3.63, 3.8) is 0 Å². The number of hydrogen-bond donors (Lipinski definition) is 1. The van der Waals surface area contributed by atoms with Gasteiger partial charge in [-0.2, -0.15) is 0 Å². The molecule has 1 aromatic heterocycles. The molecule has 0 aliphatic carbocycles. The molecule has 20 heavy (non-hydrogen) atoms. The number of amides is 1. The van der Waals surface area contributed by atoms with E-state index in [1.807, 2.05) is 26.0 Å². The van der Waals surface area contributed by atoms with Crippen molar-refractivity contribution in [2.45, 2.75) is 18.7 Å². The van der Waals surface area contributed by atoms with Crippen LogP contribution < -0.4 is 5.32 Å². The first-order valence-corrected chi connectivity index (χ1v) is 7.63. The highest BCUT2D eigenvalue weighted by Crippen LogP contribution is 2.26. The monoisotopic (exact) mass is 306 g/mol. The minimum atomic E-state index is -0.195. The first kappa shape index (κ1) is 14.9. The molecule has 2 aromatic rings. The van der Waals surface area contributed by atoms with Gasteiger partial charge in [0.05, 0.1) is 5.56 Å². The van der Waals surface area contributed by atoms with E-state index in [0.717, 1.165) is 16.2 Å². The van der Waals surface area contributed by atoms with Crippen molar-refractivity contribution in [3.8, 4) is 0 Å². The lowest BCUT2D eigenvalue weighted by atomic mass is 10.2. The number of rotatable bonds is 4. The van der Waals surface area contributed by atoms with E-state index in [9.17, 15) is 4.79 Å². The van der Waals surface area contributed by atoms with Crippen molar-refractivity contribution >= 4 is 35.1 Å². The van der Waals surface area contributed by atoms with Gasteiger partial charge < -0.3 is 5.32 Å². The van der Waals surface area contributed by atoms with Crippen LogP contribution in [0.15, 0.2) is 41.4 Å². The second-order valence-corrected chi connectivity index (χ2v) is 5.99. The molecule has 5 heteroatoms. The Morgan fingerprint density at radius 2 is 2.15 bits per heavy atom. The molecule has 0 aliphatic heterocycles. The van der Waals surface area contributed by atoms with Crippen LogP contribution in [-0.2, 0) is 0 Å². The van der Waals surface area contributed by atoms with E-state index in [4.69, 9.17) is 11.6 Å². The van der Waals surface area contributed by atoms with Crippen LogP contribution in [0.2, 0.25) is 5.02 Å². The molecule has 0 fully saturated rings. The van der Waals surface area contributed by atoms with Crippen molar-refractivity contribution < 1.29 is 4.79 Å². The van der Waals surface area contributed by atoms with Crippen LogP contribution in [-0.4, -0.2) is 16.6 Å². The molecule has 104 valence electrons. The topological polar surface area (TPSA) is 42.0 Å². The number of hydrogen-bond acceptors (Lipinski definition) is 3. The van der Waals surface area contributed by atoms with Crippen LogP contribution in [0.1, 0.15) is 22.8 Å². The first-order valence-electron chi connectivity index (χ1n) is 6.26. The summed E-state index contributed by atoms with van der Waals surface area (Å²) < 4.78 is 0. The molecule has 0 saturated heterocycles. The van der Waals surface area contributed by atoms with Crippen molar-refractivity contribution in [1.82, 2.24) is 4.98 Å². The number of benzene rings is 1. The van der Waals surface area contributed by atoms with E-state index in [1.165, 1.54) is 0 Å². The Labute approximate surface area is 127 Å². The predicted molar refractivity (Wildman–Crippen MR) is 84.8 cm³/mol. The Balaban J connectivity index is 2.23. The summed E-state index contributed by atoms with van der Waals surface area (Å²) in [5, 5.41) is 3.34. The van der Waals surface area contributed by atoms with Gasteiger partial charge in [-0.25, -0.2) is 4.98 Å². The number of aryl methyl sites for hydroxylation is 1. The maximum Gasteiger partial charge on any atom is 0.258 e. The Morgan fingerprint density at radius 3 is 2.80 bits per heavy atom. The van der Waals surface area contributed by atoms with Gasteiger partial charge in [-0.3, -0.25) is 4.79 Å². The lowest BCUT2D eigenvalue weighted by molar-refractivity contribution is 0.102. The van der Waals surface area contributed by atoms with Crippen LogP contribution in [0, 0.1) is 6.92 Å². The molecule has 2 rings (SSSR count). The normalized spacial score (nSPS) is 10.3.